The minimum Gasteiger partial charge on any atom is -0.390 e. The smallest absolute Gasteiger partial charge is 0.168 e. The van der Waals surface area contributed by atoms with Crippen LogP contribution in [0.4, 0.5) is 0 Å². The van der Waals surface area contributed by atoms with Gasteiger partial charge in [-0.15, -0.1) is 0 Å². The zero-order valence-corrected chi connectivity index (χ0v) is 11.3. The van der Waals surface area contributed by atoms with E-state index in [4.69, 9.17) is 0 Å². The summed E-state index contributed by atoms with van der Waals surface area (Å²) in [6, 6.07) is 8.12. The first kappa shape index (κ1) is 12.5. The number of hydrogen-bond acceptors (Lipinski definition) is 3. The SMILES string of the molecule is Cn1c(SCCC(C)(C)O)nc2ccccc21. The second-order valence-electron chi connectivity index (χ2n) is 4.85. The van der Waals surface area contributed by atoms with Crippen LogP contribution in [0.1, 0.15) is 20.3 Å². The predicted molar refractivity (Wildman–Crippen MR) is 72.4 cm³/mol. The second-order valence-corrected chi connectivity index (χ2v) is 5.92. The molecule has 0 unspecified atom stereocenters. The Hall–Kier alpha value is -1.00. The lowest BCUT2D eigenvalue weighted by Gasteiger charge is -2.15. The number of benzene rings is 1. The van der Waals surface area contributed by atoms with Crippen molar-refractivity contribution >= 4 is 22.8 Å². The number of para-hydroxylation sites is 2. The molecule has 0 atom stereocenters. The van der Waals surface area contributed by atoms with Crippen molar-refractivity contribution in [3.8, 4) is 0 Å². The van der Waals surface area contributed by atoms with E-state index in [1.165, 1.54) is 0 Å². The number of aromatic nitrogens is 2. The van der Waals surface area contributed by atoms with Crippen molar-refractivity contribution in [2.75, 3.05) is 5.75 Å². The third kappa shape index (κ3) is 3.01. The van der Waals surface area contributed by atoms with Gasteiger partial charge >= 0.3 is 0 Å². The monoisotopic (exact) mass is 250 g/mol. The van der Waals surface area contributed by atoms with Crippen molar-refractivity contribution in [3.63, 3.8) is 0 Å². The Morgan fingerprint density at radius 3 is 2.71 bits per heavy atom. The molecule has 1 aromatic carbocycles. The fourth-order valence-corrected chi connectivity index (χ4v) is 2.88. The van der Waals surface area contributed by atoms with E-state index >= 15 is 0 Å². The molecule has 0 radical (unpaired) electrons. The van der Waals surface area contributed by atoms with Gasteiger partial charge in [-0.3, -0.25) is 0 Å². The van der Waals surface area contributed by atoms with E-state index in [-0.39, 0.29) is 0 Å². The molecule has 1 aromatic heterocycles. The summed E-state index contributed by atoms with van der Waals surface area (Å²) in [5.74, 6) is 0.876. The number of rotatable bonds is 4. The van der Waals surface area contributed by atoms with Crippen LogP contribution in [0.15, 0.2) is 29.4 Å². The van der Waals surface area contributed by atoms with Gasteiger partial charge in [-0.2, -0.15) is 0 Å². The molecule has 3 nitrogen and oxygen atoms in total. The van der Waals surface area contributed by atoms with Crippen LogP contribution in [0.25, 0.3) is 11.0 Å². The van der Waals surface area contributed by atoms with Gasteiger partial charge in [0.25, 0.3) is 0 Å². The molecule has 0 saturated heterocycles. The van der Waals surface area contributed by atoms with Gasteiger partial charge < -0.3 is 9.67 Å². The number of thioether (sulfide) groups is 1. The lowest BCUT2D eigenvalue weighted by Crippen LogP contribution is -2.19. The van der Waals surface area contributed by atoms with Crippen molar-refractivity contribution in [2.24, 2.45) is 7.05 Å². The molecular formula is C13H18N2OS. The molecule has 0 spiro atoms. The number of aryl methyl sites for hydroxylation is 1. The van der Waals surface area contributed by atoms with Gasteiger partial charge in [0.05, 0.1) is 16.6 Å². The summed E-state index contributed by atoms with van der Waals surface area (Å²) in [5.41, 5.74) is 1.58. The topological polar surface area (TPSA) is 38.0 Å². The predicted octanol–water partition coefficient (Wildman–Crippen LogP) is 2.83. The quantitative estimate of drug-likeness (QED) is 0.848. The summed E-state index contributed by atoms with van der Waals surface area (Å²) in [7, 11) is 2.03. The van der Waals surface area contributed by atoms with E-state index in [9.17, 15) is 5.11 Å². The number of imidazole rings is 1. The fourth-order valence-electron chi connectivity index (χ4n) is 1.64. The summed E-state index contributed by atoms with van der Waals surface area (Å²) in [6.07, 6.45) is 0.765. The Labute approximate surface area is 106 Å². The van der Waals surface area contributed by atoms with Crippen molar-refractivity contribution in [2.45, 2.75) is 31.0 Å². The average molecular weight is 250 g/mol. The van der Waals surface area contributed by atoms with Crippen molar-refractivity contribution in [1.29, 1.82) is 0 Å². The van der Waals surface area contributed by atoms with E-state index in [0.717, 1.165) is 28.4 Å². The van der Waals surface area contributed by atoms with Crippen molar-refractivity contribution in [3.05, 3.63) is 24.3 Å². The highest BCUT2D eigenvalue weighted by atomic mass is 32.2. The summed E-state index contributed by atoms with van der Waals surface area (Å²) < 4.78 is 2.10. The lowest BCUT2D eigenvalue weighted by molar-refractivity contribution is 0.0777. The first-order valence-electron chi connectivity index (χ1n) is 5.74. The van der Waals surface area contributed by atoms with Crippen LogP contribution >= 0.6 is 11.8 Å². The van der Waals surface area contributed by atoms with Gasteiger partial charge in [0.15, 0.2) is 5.16 Å². The van der Waals surface area contributed by atoms with E-state index in [2.05, 4.69) is 15.6 Å². The zero-order valence-electron chi connectivity index (χ0n) is 10.5. The van der Waals surface area contributed by atoms with Crippen LogP contribution in [0.5, 0.6) is 0 Å². The molecule has 0 amide bonds. The van der Waals surface area contributed by atoms with E-state index in [1.807, 2.05) is 39.1 Å². The van der Waals surface area contributed by atoms with Crippen LogP contribution in [0.2, 0.25) is 0 Å². The molecule has 92 valence electrons. The Bertz CT molecular complexity index is 514. The molecule has 17 heavy (non-hydrogen) atoms. The Morgan fingerprint density at radius 1 is 1.35 bits per heavy atom. The van der Waals surface area contributed by atoms with Crippen LogP contribution in [0, 0.1) is 0 Å². The summed E-state index contributed by atoms with van der Waals surface area (Å²) in [4.78, 5) is 4.58. The van der Waals surface area contributed by atoms with Gasteiger partial charge in [-0.05, 0) is 32.4 Å². The molecule has 4 heteroatoms. The molecule has 0 bridgehead atoms. The molecule has 2 rings (SSSR count). The van der Waals surface area contributed by atoms with Gasteiger partial charge in [0.1, 0.15) is 0 Å². The maximum Gasteiger partial charge on any atom is 0.168 e. The minimum absolute atomic E-state index is 0.600. The fraction of sp³-hybridized carbons (Fsp3) is 0.462. The Morgan fingerprint density at radius 2 is 2.06 bits per heavy atom. The number of fused-ring (bicyclic) bond motifs is 1. The first-order chi connectivity index (χ1) is 7.97. The summed E-state index contributed by atoms with van der Waals surface area (Å²) >= 11 is 1.69. The van der Waals surface area contributed by atoms with Crippen LogP contribution < -0.4 is 0 Å². The Kier molecular flexibility index (Phi) is 3.45. The first-order valence-corrected chi connectivity index (χ1v) is 6.72. The molecular weight excluding hydrogens is 232 g/mol. The largest absolute Gasteiger partial charge is 0.390 e. The molecule has 2 aromatic rings. The van der Waals surface area contributed by atoms with Crippen LogP contribution in [-0.4, -0.2) is 26.0 Å². The summed E-state index contributed by atoms with van der Waals surface area (Å²) in [5, 5.41) is 10.7. The van der Waals surface area contributed by atoms with Crippen molar-refractivity contribution < 1.29 is 5.11 Å². The molecule has 0 saturated carbocycles. The third-order valence-corrected chi connectivity index (χ3v) is 3.72. The minimum atomic E-state index is -0.600. The third-order valence-electron chi connectivity index (χ3n) is 2.69. The van der Waals surface area contributed by atoms with E-state index in [0.29, 0.717) is 0 Å². The molecule has 0 aliphatic carbocycles. The molecule has 0 aliphatic heterocycles. The van der Waals surface area contributed by atoms with Crippen molar-refractivity contribution in [1.82, 2.24) is 9.55 Å². The molecule has 1 N–H and O–H groups in total. The highest BCUT2D eigenvalue weighted by Gasteiger charge is 2.13. The van der Waals surface area contributed by atoms with Crippen LogP contribution in [0.3, 0.4) is 0 Å². The van der Waals surface area contributed by atoms with E-state index in [1.54, 1.807) is 11.8 Å². The standard InChI is InChI=1S/C13H18N2OS/c1-13(2,16)8-9-17-12-14-10-6-4-5-7-11(10)15(12)3/h4-7,16H,8-9H2,1-3H3. The van der Waals surface area contributed by atoms with Crippen LogP contribution in [-0.2, 0) is 7.05 Å². The zero-order chi connectivity index (χ0) is 12.5. The number of hydrogen-bond donors (Lipinski definition) is 1. The number of aliphatic hydroxyl groups is 1. The molecule has 0 aliphatic rings. The van der Waals surface area contributed by atoms with Gasteiger partial charge in [-0.1, -0.05) is 23.9 Å². The van der Waals surface area contributed by atoms with Gasteiger partial charge in [0, 0.05) is 12.8 Å². The van der Waals surface area contributed by atoms with E-state index < -0.39 is 5.60 Å². The maximum absolute atomic E-state index is 9.66. The maximum atomic E-state index is 9.66. The normalized spacial score (nSPS) is 12.2. The number of nitrogens with zero attached hydrogens (tertiary/aromatic N) is 2. The van der Waals surface area contributed by atoms with Gasteiger partial charge in [-0.25, -0.2) is 4.98 Å². The molecule has 0 fully saturated rings. The summed E-state index contributed by atoms with van der Waals surface area (Å²) in [6.45, 7) is 3.67. The Balaban J connectivity index is 2.11. The lowest BCUT2D eigenvalue weighted by atomic mass is 10.1. The molecule has 1 heterocycles. The second kappa shape index (κ2) is 4.70. The highest BCUT2D eigenvalue weighted by molar-refractivity contribution is 7.99. The van der Waals surface area contributed by atoms with Gasteiger partial charge in [0.2, 0.25) is 0 Å². The average Bonchev–Trinajstić information content (AvgIpc) is 2.55. The highest BCUT2D eigenvalue weighted by Crippen LogP contribution is 2.24.